The first-order valence-electron chi connectivity index (χ1n) is 5.96. The molecule has 1 aliphatic heterocycles. The number of carboxylic acids is 1. The number of carbonyl (C=O) groups is 2. The lowest BCUT2D eigenvalue weighted by Crippen LogP contribution is -2.47. The fraction of sp³-hybridized carbons (Fsp3) is 0.385. The molecule has 1 saturated heterocycles. The third kappa shape index (κ3) is 3.20. The molecule has 0 bridgehead atoms. The monoisotopic (exact) mass is 280 g/mol. The van der Waals surface area contributed by atoms with Crippen LogP contribution in [0.1, 0.15) is 5.56 Å². The number of amides is 2. The summed E-state index contributed by atoms with van der Waals surface area (Å²) in [5, 5.41) is 9.08. The Labute approximate surface area is 116 Å². The van der Waals surface area contributed by atoms with Crippen LogP contribution in [0.2, 0.25) is 0 Å². The molecule has 1 atom stereocenters. The molecule has 0 aromatic heterocycles. The van der Waals surface area contributed by atoms with E-state index in [9.17, 15) is 9.59 Å². The van der Waals surface area contributed by atoms with Gasteiger partial charge in [-0.3, -0.25) is 0 Å². The topological polar surface area (TPSA) is 60.9 Å². The minimum atomic E-state index is -0.938. The van der Waals surface area contributed by atoms with E-state index in [0.29, 0.717) is 18.2 Å². The van der Waals surface area contributed by atoms with Crippen LogP contribution in [0.3, 0.4) is 0 Å². The van der Waals surface area contributed by atoms with E-state index in [1.54, 1.807) is 11.9 Å². The Morgan fingerprint density at radius 1 is 1.42 bits per heavy atom. The van der Waals surface area contributed by atoms with E-state index >= 15 is 0 Å². The number of thioether (sulfide) groups is 1. The predicted molar refractivity (Wildman–Crippen MR) is 73.9 cm³/mol. The molecule has 2 rings (SSSR count). The summed E-state index contributed by atoms with van der Waals surface area (Å²) in [5.74, 6) is -0.0405. The van der Waals surface area contributed by atoms with Crippen LogP contribution in [0.15, 0.2) is 30.3 Å². The van der Waals surface area contributed by atoms with Gasteiger partial charge in [0.25, 0.3) is 0 Å². The highest BCUT2D eigenvalue weighted by atomic mass is 32.2. The van der Waals surface area contributed by atoms with E-state index in [1.165, 1.54) is 16.7 Å². The smallest absolute Gasteiger partial charge is 0.327 e. The summed E-state index contributed by atoms with van der Waals surface area (Å²) in [6.45, 7) is 0.479. The molecule has 1 aromatic rings. The largest absolute Gasteiger partial charge is 0.480 e. The lowest BCUT2D eigenvalue weighted by atomic mass is 10.2. The summed E-state index contributed by atoms with van der Waals surface area (Å²) in [4.78, 5) is 26.3. The summed E-state index contributed by atoms with van der Waals surface area (Å²) in [6, 6.07) is 8.69. The summed E-state index contributed by atoms with van der Waals surface area (Å²) >= 11 is 1.47. The standard InChI is InChI=1S/C13H16N2O3S/c1-14(7-10-5-3-2-4-6-10)13(18)15-9-19-8-11(15)12(16)17/h2-6,11H,7-9H2,1H3,(H,16,17). The van der Waals surface area contributed by atoms with E-state index in [0.717, 1.165) is 5.56 Å². The van der Waals surface area contributed by atoms with Gasteiger partial charge >= 0.3 is 12.0 Å². The number of benzene rings is 1. The van der Waals surface area contributed by atoms with Crippen molar-refractivity contribution in [3.8, 4) is 0 Å². The van der Waals surface area contributed by atoms with Crippen molar-refractivity contribution in [2.75, 3.05) is 18.7 Å². The molecule has 1 aliphatic rings. The Balaban J connectivity index is 2.01. The van der Waals surface area contributed by atoms with Gasteiger partial charge in [-0.05, 0) is 5.56 Å². The van der Waals surface area contributed by atoms with Gasteiger partial charge < -0.3 is 14.9 Å². The van der Waals surface area contributed by atoms with E-state index < -0.39 is 12.0 Å². The molecular formula is C13H16N2O3S. The highest BCUT2D eigenvalue weighted by molar-refractivity contribution is 7.99. The van der Waals surface area contributed by atoms with Gasteiger partial charge in [0.1, 0.15) is 6.04 Å². The van der Waals surface area contributed by atoms with Gasteiger partial charge in [0, 0.05) is 19.3 Å². The van der Waals surface area contributed by atoms with E-state index in [-0.39, 0.29) is 6.03 Å². The number of carboxylic acid groups (broad SMARTS) is 1. The lowest BCUT2D eigenvalue weighted by molar-refractivity contribution is -0.140. The first-order valence-corrected chi connectivity index (χ1v) is 7.11. The molecule has 1 heterocycles. The third-order valence-corrected chi connectivity index (χ3v) is 4.01. The van der Waals surface area contributed by atoms with Crippen molar-refractivity contribution in [3.05, 3.63) is 35.9 Å². The first kappa shape index (κ1) is 13.7. The van der Waals surface area contributed by atoms with Crippen LogP contribution in [0.4, 0.5) is 4.79 Å². The molecule has 19 heavy (non-hydrogen) atoms. The molecule has 6 heteroatoms. The van der Waals surface area contributed by atoms with Gasteiger partial charge in [-0.15, -0.1) is 11.8 Å². The quantitative estimate of drug-likeness (QED) is 0.915. The molecule has 1 aromatic carbocycles. The second-order valence-corrected chi connectivity index (χ2v) is 5.45. The normalized spacial score (nSPS) is 18.4. The summed E-state index contributed by atoms with van der Waals surface area (Å²) in [7, 11) is 1.69. The van der Waals surface area contributed by atoms with Crippen LogP contribution in [0.25, 0.3) is 0 Å². The van der Waals surface area contributed by atoms with Crippen LogP contribution in [0.5, 0.6) is 0 Å². The maximum Gasteiger partial charge on any atom is 0.327 e. The Kier molecular flexibility index (Phi) is 4.31. The van der Waals surface area contributed by atoms with E-state index in [4.69, 9.17) is 5.11 Å². The number of nitrogens with zero attached hydrogens (tertiary/aromatic N) is 2. The van der Waals surface area contributed by atoms with Crippen LogP contribution in [0, 0.1) is 0 Å². The van der Waals surface area contributed by atoms with Gasteiger partial charge in [0.2, 0.25) is 0 Å². The van der Waals surface area contributed by atoms with Crippen molar-refractivity contribution in [1.82, 2.24) is 9.80 Å². The van der Waals surface area contributed by atoms with Crippen LogP contribution >= 0.6 is 11.8 Å². The zero-order valence-corrected chi connectivity index (χ0v) is 11.5. The van der Waals surface area contributed by atoms with Gasteiger partial charge in [-0.25, -0.2) is 9.59 Å². The zero-order chi connectivity index (χ0) is 13.8. The number of hydrogen-bond acceptors (Lipinski definition) is 3. The van der Waals surface area contributed by atoms with Gasteiger partial charge in [-0.2, -0.15) is 0 Å². The minimum absolute atomic E-state index is 0.235. The second kappa shape index (κ2) is 5.97. The maximum absolute atomic E-state index is 12.2. The summed E-state index contributed by atoms with van der Waals surface area (Å²) < 4.78 is 0. The van der Waals surface area contributed by atoms with Crippen molar-refractivity contribution in [3.63, 3.8) is 0 Å². The fourth-order valence-electron chi connectivity index (χ4n) is 1.98. The molecule has 0 radical (unpaired) electrons. The molecule has 1 N–H and O–H groups in total. The van der Waals surface area contributed by atoms with Gasteiger partial charge in [0.05, 0.1) is 5.88 Å². The van der Waals surface area contributed by atoms with E-state index in [1.807, 2.05) is 30.3 Å². The Hall–Kier alpha value is -1.69. The molecule has 5 nitrogen and oxygen atoms in total. The Bertz CT molecular complexity index is 466. The van der Waals surface area contributed by atoms with Crippen molar-refractivity contribution in [2.45, 2.75) is 12.6 Å². The average Bonchev–Trinajstić information content (AvgIpc) is 2.88. The first-order chi connectivity index (χ1) is 9.09. The third-order valence-electron chi connectivity index (χ3n) is 3.00. The predicted octanol–water partition coefficient (Wildman–Crippen LogP) is 1.70. The van der Waals surface area contributed by atoms with E-state index in [2.05, 4.69) is 0 Å². The van der Waals surface area contributed by atoms with Crippen molar-refractivity contribution >= 4 is 23.8 Å². The number of hydrogen-bond donors (Lipinski definition) is 1. The van der Waals surface area contributed by atoms with Crippen molar-refractivity contribution in [2.24, 2.45) is 0 Å². The van der Waals surface area contributed by atoms with Crippen LogP contribution in [-0.2, 0) is 11.3 Å². The lowest BCUT2D eigenvalue weighted by Gasteiger charge is -2.27. The highest BCUT2D eigenvalue weighted by Gasteiger charge is 2.35. The minimum Gasteiger partial charge on any atom is -0.480 e. The molecule has 0 spiro atoms. The Morgan fingerprint density at radius 3 is 2.74 bits per heavy atom. The summed E-state index contributed by atoms with van der Waals surface area (Å²) in [6.07, 6.45) is 0. The fourth-order valence-corrected chi connectivity index (χ4v) is 3.12. The average molecular weight is 280 g/mol. The van der Waals surface area contributed by atoms with Gasteiger partial charge in [0.15, 0.2) is 0 Å². The number of carbonyl (C=O) groups excluding carboxylic acids is 1. The SMILES string of the molecule is CN(Cc1ccccc1)C(=O)N1CSCC1C(=O)O. The number of urea groups is 1. The molecule has 0 aliphatic carbocycles. The van der Waals surface area contributed by atoms with Gasteiger partial charge in [-0.1, -0.05) is 30.3 Å². The highest BCUT2D eigenvalue weighted by Crippen LogP contribution is 2.22. The second-order valence-electron chi connectivity index (χ2n) is 4.45. The number of rotatable bonds is 3. The van der Waals surface area contributed by atoms with Crippen molar-refractivity contribution in [1.29, 1.82) is 0 Å². The zero-order valence-electron chi connectivity index (χ0n) is 10.7. The van der Waals surface area contributed by atoms with Crippen molar-refractivity contribution < 1.29 is 14.7 Å². The molecule has 1 unspecified atom stereocenters. The molecule has 2 amide bonds. The van der Waals surface area contributed by atoms with Crippen LogP contribution < -0.4 is 0 Å². The Morgan fingerprint density at radius 2 is 2.11 bits per heavy atom. The van der Waals surface area contributed by atoms with Crippen LogP contribution in [-0.4, -0.2) is 51.6 Å². The molecule has 102 valence electrons. The maximum atomic E-state index is 12.2. The molecule has 1 fully saturated rings. The molecule has 0 saturated carbocycles. The summed E-state index contributed by atoms with van der Waals surface area (Å²) in [5.41, 5.74) is 1.03. The molecular weight excluding hydrogens is 264 g/mol. The number of aliphatic carboxylic acids is 1.